The summed E-state index contributed by atoms with van der Waals surface area (Å²) >= 11 is 0. The van der Waals surface area contributed by atoms with Crippen molar-refractivity contribution in [1.82, 2.24) is 5.32 Å². The molecule has 34 heavy (non-hydrogen) atoms. The minimum absolute atomic E-state index is 0.187. The van der Waals surface area contributed by atoms with E-state index in [1.165, 1.54) is 10.6 Å². The van der Waals surface area contributed by atoms with Gasteiger partial charge in [-0.25, -0.2) is 8.42 Å². The highest BCUT2D eigenvalue weighted by Gasteiger charge is 2.18. The molecule has 0 atom stereocenters. The second-order valence-electron chi connectivity index (χ2n) is 8.63. The second kappa shape index (κ2) is 11.2. The number of sulfonamides is 1. The summed E-state index contributed by atoms with van der Waals surface area (Å²) in [7, 11) is -3.48. The summed E-state index contributed by atoms with van der Waals surface area (Å²) in [4.78, 5) is 12.4. The van der Waals surface area contributed by atoms with E-state index < -0.39 is 10.0 Å². The van der Waals surface area contributed by atoms with Crippen molar-refractivity contribution in [2.45, 2.75) is 33.2 Å². The van der Waals surface area contributed by atoms with Crippen LogP contribution in [0.3, 0.4) is 0 Å². The number of anilines is 1. The maximum Gasteiger partial charge on any atom is 0.251 e. The minimum Gasteiger partial charge on any atom is -0.492 e. The molecular formula is C27H32N2O4S. The number of nitrogens with zero attached hydrogens (tertiary/aromatic N) is 1. The first kappa shape index (κ1) is 25.3. The van der Waals surface area contributed by atoms with Gasteiger partial charge in [-0.15, -0.1) is 0 Å². The summed E-state index contributed by atoms with van der Waals surface area (Å²) in [6, 6.07) is 22.3. The third-order valence-electron chi connectivity index (χ3n) is 5.44. The zero-order valence-corrected chi connectivity index (χ0v) is 20.9. The van der Waals surface area contributed by atoms with Crippen molar-refractivity contribution in [2.75, 3.05) is 23.7 Å². The van der Waals surface area contributed by atoms with Gasteiger partial charge in [0.15, 0.2) is 0 Å². The van der Waals surface area contributed by atoms with E-state index in [0.29, 0.717) is 30.3 Å². The van der Waals surface area contributed by atoms with Crippen molar-refractivity contribution < 1.29 is 17.9 Å². The highest BCUT2D eigenvalue weighted by atomic mass is 32.2. The van der Waals surface area contributed by atoms with E-state index in [1.807, 2.05) is 55.5 Å². The topological polar surface area (TPSA) is 75.7 Å². The standard InChI is InChI=1S/C27H32N2O4S/c1-20(2)23-12-14-25(15-13-23)29(34(4,31)32)19-22-8-10-24(11-9-22)27(30)28-16-17-33-26-7-5-6-21(3)18-26/h5-15,18,20H,16-17,19H2,1-4H3,(H,28,30). The Morgan fingerprint density at radius 1 is 1.00 bits per heavy atom. The molecule has 0 saturated carbocycles. The molecule has 0 aliphatic carbocycles. The number of ether oxygens (including phenoxy) is 1. The van der Waals surface area contributed by atoms with Crippen LogP contribution in [-0.2, 0) is 16.6 Å². The van der Waals surface area contributed by atoms with Crippen LogP contribution in [0.5, 0.6) is 5.75 Å². The molecule has 0 radical (unpaired) electrons. The molecule has 0 aromatic heterocycles. The van der Waals surface area contributed by atoms with Crippen LogP contribution in [0.1, 0.15) is 46.8 Å². The van der Waals surface area contributed by atoms with E-state index in [2.05, 4.69) is 19.2 Å². The predicted octanol–water partition coefficient (Wildman–Crippen LogP) is 4.89. The van der Waals surface area contributed by atoms with Gasteiger partial charge in [0.1, 0.15) is 12.4 Å². The van der Waals surface area contributed by atoms with Crippen LogP contribution in [0.2, 0.25) is 0 Å². The van der Waals surface area contributed by atoms with E-state index in [9.17, 15) is 13.2 Å². The van der Waals surface area contributed by atoms with Crippen molar-refractivity contribution in [2.24, 2.45) is 0 Å². The normalized spacial score (nSPS) is 11.3. The molecular weight excluding hydrogens is 448 g/mol. The summed E-state index contributed by atoms with van der Waals surface area (Å²) in [5, 5.41) is 2.84. The van der Waals surface area contributed by atoms with Crippen LogP contribution in [0.4, 0.5) is 5.69 Å². The number of rotatable bonds is 10. The van der Waals surface area contributed by atoms with Gasteiger partial charge < -0.3 is 10.1 Å². The first-order chi connectivity index (χ1) is 16.1. The monoisotopic (exact) mass is 480 g/mol. The Labute approximate surface area is 202 Å². The lowest BCUT2D eigenvalue weighted by atomic mass is 10.0. The van der Waals surface area contributed by atoms with Gasteiger partial charge in [-0.1, -0.05) is 50.2 Å². The van der Waals surface area contributed by atoms with Crippen LogP contribution in [0.15, 0.2) is 72.8 Å². The Morgan fingerprint density at radius 3 is 2.26 bits per heavy atom. The maximum absolute atomic E-state index is 12.4. The molecule has 180 valence electrons. The fourth-order valence-electron chi connectivity index (χ4n) is 3.49. The van der Waals surface area contributed by atoms with Gasteiger partial charge in [0.2, 0.25) is 10.0 Å². The lowest BCUT2D eigenvalue weighted by Gasteiger charge is -2.23. The number of hydrogen-bond acceptors (Lipinski definition) is 4. The van der Waals surface area contributed by atoms with Crippen LogP contribution in [0, 0.1) is 6.92 Å². The van der Waals surface area contributed by atoms with Crippen LogP contribution in [-0.4, -0.2) is 33.7 Å². The Morgan fingerprint density at radius 2 is 1.68 bits per heavy atom. The number of hydrogen-bond donors (Lipinski definition) is 1. The van der Waals surface area contributed by atoms with E-state index in [-0.39, 0.29) is 12.5 Å². The van der Waals surface area contributed by atoms with Gasteiger partial charge in [-0.2, -0.15) is 0 Å². The van der Waals surface area contributed by atoms with E-state index >= 15 is 0 Å². The van der Waals surface area contributed by atoms with Crippen molar-refractivity contribution in [3.63, 3.8) is 0 Å². The van der Waals surface area contributed by atoms with Gasteiger partial charge in [0.25, 0.3) is 5.91 Å². The Balaban J connectivity index is 1.59. The molecule has 0 saturated heterocycles. The SMILES string of the molecule is Cc1cccc(OCCNC(=O)c2ccc(CN(c3ccc(C(C)C)cc3)S(C)(=O)=O)cc2)c1. The summed E-state index contributed by atoms with van der Waals surface area (Å²) in [5.74, 6) is 0.935. The largest absolute Gasteiger partial charge is 0.492 e. The van der Waals surface area contributed by atoms with Crippen molar-refractivity contribution in [1.29, 1.82) is 0 Å². The number of carbonyl (C=O) groups excluding carboxylic acids is 1. The molecule has 3 aromatic rings. The predicted molar refractivity (Wildman–Crippen MR) is 137 cm³/mol. The van der Waals surface area contributed by atoms with Crippen molar-refractivity contribution in [3.05, 3.63) is 95.1 Å². The Bertz CT molecular complexity index is 1200. The number of aryl methyl sites for hydroxylation is 1. The Hall–Kier alpha value is -3.32. The molecule has 0 aliphatic rings. The maximum atomic E-state index is 12.4. The number of amides is 1. The first-order valence-electron chi connectivity index (χ1n) is 11.3. The molecule has 7 heteroatoms. The van der Waals surface area contributed by atoms with Gasteiger partial charge in [0, 0.05) is 5.56 Å². The number of carbonyl (C=O) groups is 1. The van der Waals surface area contributed by atoms with Crippen molar-refractivity contribution in [3.8, 4) is 5.75 Å². The molecule has 1 N–H and O–H groups in total. The molecule has 6 nitrogen and oxygen atoms in total. The van der Waals surface area contributed by atoms with E-state index in [4.69, 9.17) is 4.74 Å². The van der Waals surface area contributed by atoms with Gasteiger partial charge >= 0.3 is 0 Å². The fourth-order valence-corrected chi connectivity index (χ4v) is 4.38. The summed E-state index contributed by atoms with van der Waals surface area (Å²) in [5.41, 5.74) is 4.17. The lowest BCUT2D eigenvalue weighted by molar-refractivity contribution is 0.0947. The third-order valence-corrected chi connectivity index (χ3v) is 6.58. The smallest absolute Gasteiger partial charge is 0.251 e. The average molecular weight is 481 g/mol. The van der Waals surface area contributed by atoms with E-state index in [0.717, 1.165) is 22.4 Å². The minimum atomic E-state index is -3.48. The molecule has 1 amide bonds. The highest BCUT2D eigenvalue weighted by molar-refractivity contribution is 7.92. The van der Waals surface area contributed by atoms with Gasteiger partial charge in [0.05, 0.1) is 25.0 Å². The summed E-state index contributed by atoms with van der Waals surface area (Å²) < 4.78 is 31.9. The van der Waals surface area contributed by atoms with Crippen LogP contribution >= 0.6 is 0 Å². The number of nitrogens with one attached hydrogen (secondary N) is 1. The van der Waals surface area contributed by atoms with E-state index in [1.54, 1.807) is 24.3 Å². The lowest BCUT2D eigenvalue weighted by Crippen LogP contribution is -2.29. The van der Waals surface area contributed by atoms with Crippen LogP contribution < -0.4 is 14.4 Å². The van der Waals surface area contributed by atoms with Gasteiger partial charge in [-0.3, -0.25) is 9.10 Å². The molecule has 0 unspecified atom stereocenters. The number of benzene rings is 3. The average Bonchev–Trinajstić information content (AvgIpc) is 2.80. The van der Waals surface area contributed by atoms with Crippen molar-refractivity contribution >= 4 is 21.6 Å². The highest BCUT2D eigenvalue weighted by Crippen LogP contribution is 2.24. The molecule has 0 aliphatic heterocycles. The zero-order valence-electron chi connectivity index (χ0n) is 20.1. The van der Waals surface area contributed by atoms with Gasteiger partial charge in [-0.05, 0) is 65.9 Å². The summed E-state index contributed by atoms with van der Waals surface area (Å²) in [6.07, 6.45) is 1.20. The molecule has 0 bridgehead atoms. The molecule has 0 heterocycles. The quantitative estimate of drug-likeness (QED) is 0.419. The summed E-state index contributed by atoms with van der Waals surface area (Å²) in [6.45, 7) is 7.12. The molecule has 0 spiro atoms. The third kappa shape index (κ3) is 7.09. The fraction of sp³-hybridized carbons (Fsp3) is 0.296. The first-order valence-corrected chi connectivity index (χ1v) is 13.1. The Kier molecular flexibility index (Phi) is 8.34. The zero-order chi connectivity index (χ0) is 24.7. The second-order valence-corrected chi connectivity index (χ2v) is 10.5. The molecule has 0 fully saturated rings. The van der Waals surface area contributed by atoms with Crippen LogP contribution in [0.25, 0.3) is 0 Å². The molecule has 3 aromatic carbocycles. The molecule has 3 rings (SSSR count).